The number of pyridine rings is 2. The summed E-state index contributed by atoms with van der Waals surface area (Å²) in [5.41, 5.74) is -0.0787. The van der Waals surface area contributed by atoms with Gasteiger partial charge in [-0.2, -0.15) is 13.2 Å². The zero-order chi connectivity index (χ0) is 16.6. The van der Waals surface area contributed by atoms with Crippen molar-refractivity contribution in [1.82, 2.24) is 14.5 Å². The molecule has 0 aliphatic heterocycles. The number of fused-ring (bicyclic) bond motifs is 1. The molecule has 0 bridgehead atoms. The lowest BCUT2D eigenvalue weighted by Crippen LogP contribution is -2.10. The summed E-state index contributed by atoms with van der Waals surface area (Å²) < 4.78 is 39.6. The number of aromatic carboxylic acids is 1. The van der Waals surface area contributed by atoms with Crippen LogP contribution in [0.25, 0.3) is 11.0 Å². The van der Waals surface area contributed by atoms with Crippen LogP contribution in [-0.4, -0.2) is 25.6 Å². The van der Waals surface area contributed by atoms with E-state index >= 15 is 0 Å². The molecule has 0 spiro atoms. The van der Waals surface area contributed by atoms with Crippen LogP contribution in [0.15, 0.2) is 42.7 Å². The van der Waals surface area contributed by atoms with Crippen LogP contribution in [0.4, 0.5) is 13.2 Å². The van der Waals surface area contributed by atoms with E-state index < -0.39 is 17.8 Å². The first-order valence-electron chi connectivity index (χ1n) is 6.56. The molecule has 0 aliphatic carbocycles. The highest BCUT2D eigenvalue weighted by Gasteiger charge is 2.33. The molecule has 8 heteroatoms. The van der Waals surface area contributed by atoms with E-state index in [0.29, 0.717) is 5.52 Å². The Morgan fingerprint density at radius 1 is 1.17 bits per heavy atom. The van der Waals surface area contributed by atoms with Crippen LogP contribution in [0.3, 0.4) is 0 Å². The molecule has 23 heavy (non-hydrogen) atoms. The first-order chi connectivity index (χ1) is 10.9. The summed E-state index contributed by atoms with van der Waals surface area (Å²) in [5.74, 6) is -1.23. The van der Waals surface area contributed by atoms with Crippen LogP contribution in [0.1, 0.15) is 21.7 Å². The Kier molecular flexibility index (Phi) is 3.51. The van der Waals surface area contributed by atoms with Gasteiger partial charge in [-0.1, -0.05) is 0 Å². The van der Waals surface area contributed by atoms with Crippen LogP contribution < -0.4 is 0 Å². The number of carbonyl (C=O) groups is 1. The standard InChI is InChI=1S/C15H10F3N3O2/c16-15(17,18)13-2-1-11-10(20-13)7-12(14(22)23)21(11)8-9-3-5-19-6-4-9/h1-7H,8H2,(H,22,23). The quantitative estimate of drug-likeness (QED) is 0.804. The highest BCUT2D eigenvalue weighted by molar-refractivity contribution is 5.93. The first-order valence-corrected chi connectivity index (χ1v) is 6.56. The number of hydrogen-bond donors (Lipinski definition) is 1. The van der Waals surface area contributed by atoms with Gasteiger partial charge in [0.05, 0.1) is 11.0 Å². The van der Waals surface area contributed by atoms with Crippen molar-refractivity contribution < 1.29 is 23.1 Å². The number of alkyl halides is 3. The predicted molar refractivity (Wildman–Crippen MR) is 75.0 cm³/mol. The summed E-state index contributed by atoms with van der Waals surface area (Å²) >= 11 is 0. The first kappa shape index (κ1) is 15.0. The van der Waals surface area contributed by atoms with E-state index in [0.717, 1.165) is 17.7 Å². The van der Waals surface area contributed by atoms with Gasteiger partial charge in [0.1, 0.15) is 11.4 Å². The fourth-order valence-electron chi connectivity index (χ4n) is 2.32. The van der Waals surface area contributed by atoms with Gasteiger partial charge in [0, 0.05) is 18.9 Å². The highest BCUT2D eigenvalue weighted by atomic mass is 19.4. The maximum absolute atomic E-state index is 12.7. The molecule has 0 saturated heterocycles. The number of aromatic nitrogens is 3. The van der Waals surface area contributed by atoms with Crippen LogP contribution >= 0.6 is 0 Å². The molecular weight excluding hydrogens is 311 g/mol. The number of carboxylic acid groups (broad SMARTS) is 1. The molecule has 0 amide bonds. The molecule has 0 aliphatic rings. The molecule has 3 aromatic heterocycles. The molecular formula is C15H10F3N3O2. The van der Waals surface area contributed by atoms with E-state index in [2.05, 4.69) is 9.97 Å². The SMILES string of the molecule is O=C(O)c1cc2nc(C(F)(F)F)ccc2n1Cc1ccncc1. The Balaban J connectivity index is 2.15. The molecule has 3 aromatic rings. The molecule has 118 valence electrons. The highest BCUT2D eigenvalue weighted by Crippen LogP contribution is 2.30. The zero-order valence-electron chi connectivity index (χ0n) is 11.6. The van der Waals surface area contributed by atoms with Gasteiger partial charge in [-0.05, 0) is 35.9 Å². The summed E-state index contributed by atoms with van der Waals surface area (Å²) in [6.45, 7) is 0.195. The number of nitrogens with zero attached hydrogens (tertiary/aromatic N) is 3. The van der Waals surface area contributed by atoms with E-state index in [1.807, 2.05) is 0 Å². The summed E-state index contributed by atoms with van der Waals surface area (Å²) in [6, 6.07) is 6.63. The molecule has 3 rings (SSSR count). The molecule has 0 unspecified atom stereocenters. The van der Waals surface area contributed by atoms with Crippen molar-refractivity contribution in [2.75, 3.05) is 0 Å². The minimum atomic E-state index is -4.58. The summed E-state index contributed by atoms with van der Waals surface area (Å²) in [4.78, 5) is 18.8. The van der Waals surface area contributed by atoms with Gasteiger partial charge in [0.25, 0.3) is 0 Å². The van der Waals surface area contributed by atoms with Gasteiger partial charge in [-0.15, -0.1) is 0 Å². The molecule has 0 saturated carbocycles. The van der Waals surface area contributed by atoms with Gasteiger partial charge in [0.15, 0.2) is 0 Å². The smallest absolute Gasteiger partial charge is 0.433 e. The fourth-order valence-corrected chi connectivity index (χ4v) is 2.32. The summed E-state index contributed by atoms with van der Waals surface area (Å²) in [5, 5.41) is 9.29. The van der Waals surface area contributed by atoms with E-state index in [-0.39, 0.29) is 17.8 Å². The number of rotatable bonds is 3. The monoisotopic (exact) mass is 321 g/mol. The van der Waals surface area contributed by atoms with Gasteiger partial charge in [-0.3, -0.25) is 4.98 Å². The second-order valence-electron chi connectivity index (χ2n) is 4.87. The lowest BCUT2D eigenvalue weighted by Gasteiger charge is -2.09. The van der Waals surface area contributed by atoms with Crippen LogP contribution in [0, 0.1) is 0 Å². The Hall–Kier alpha value is -2.90. The van der Waals surface area contributed by atoms with Crippen molar-refractivity contribution >= 4 is 17.0 Å². The van der Waals surface area contributed by atoms with Crippen LogP contribution in [0.5, 0.6) is 0 Å². The van der Waals surface area contributed by atoms with Gasteiger partial charge in [-0.25, -0.2) is 9.78 Å². The third-order valence-electron chi connectivity index (χ3n) is 3.36. The average Bonchev–Trinajstić information content (AvgIpc) is 2.86. The average molecular weight is 321 g/mol. The summed E-state index contributed by atoms with van der Waals surface area (Å²) in [7, 11) is 0. The maximum Gasteiger partial charge on any atom is 0.433 e. The topological polar surface area (TPSA) is 68.0 Å². The lowest BCUT2D eigenvalue weighted by atomic mass is 10.2. The molecule has 0 atom stereocenters. The lowest BCUT2D eigenvalue weighted by molar-refractivity contribution is -0.140. The maximum atomic E-state index is 12.7. The van der Waals surface area contributed by atoms with Crippen molar-refractivity contribution in [3.05, 3.63) is 59.7 Å². The Morgan fingerprint density at radius 2 is 1.87 bits per heavy atom. The van der Waals surface area contributed by atoms with E-state index in [1.165, 1.54) is 10.6 Å². The second kappa shape index (κ2) is 5.38. The van der Waals surface area contributed by atoms with Crippen molar-refractivity contribution in [3.8, 4) is 0 Å². The largest absolute Gasteiger partial charge is 0.477 e. The van der Waals surface area contributed by atoms with Crippen molar-refractivity contribution in [2.45, 2.75) is 12.7 Å². The minimum absolute atomic E-state index is 0.00807. The molecule has 1 N–H and O–H groups in total. The van der Waals surface area contributed by atoms with Crippen LogP contribution in [-0.2, 0) is 12.7 Å². The van der Waals surface area contributed by atoms with E-state index in [9.17, 15) is 23.1 Å². The molecule has 0 aromatic carbocycles. The normalized spacial score (nSPS) is 11.8. The number of carboxylic acids is 1. The Morgan fingerprint density at radius 3 is 2.48 bits per heavy atom. The zero-order valence-corrected chi connectivity index (χ0v) is 11.6. The van der Waals surface area contributed by atoms with Crippen LogP contribution in [0.2, 0.25) is 0 Å². The Labute approximate surface area is 128 Å². The summed E-state index contributed by atoms with van der Waals surface area (Å²) in [6.07, 6.45) is -1.46. The van der Waals surface area contributed by atoms with E-state index in [1.54, 1.807) is 24.5 Å². The third-order valence-corrected chi connectivity index (χ3v) is 3.36. The Bertz CT molecular complexity index is 873. The van der Waals surface area contributed by atoms with Gasteiger partial charge < -0.3 is 9.67 Å². The van der Waals surface area contributed by atoms with Crippen molar-refractivity contribution in [2.24, 2.45) is 0 Å². The predicted octanol–water partition coefficient (Wildman–Crippen LogP) is 3.20. The minimum Gasteiger partial charge on any atom is -0.477 e. The second-order valence-corrected chi connectivity index (χ2v) is 4.87. The van der Waals surface area contributed by atoms with Gasteiger partial charge in [0.2, 0.25) is 0 Å². The van der Waals surface area contributed by atoms with Crippen molar-refractivity contribution in [1.29, 1.82) is 0 Å². The molecule has 5 nitrogen and oxygen atoms in total. The number of hydrogen-bond acceptors (Lipinski definition) is 3. The van der Waals surface area contributed by atoms with E-state index in [4.69, 9.17) is 0 Å². The molecule has 3 heterocycles. The molecule has 0 radical (unpaired) electrons. The molecule has 0 fully saturated rings. The fraction of sp³-hybridized carbons (Fsp3) is 0.133. The number of halogens is 3. The van der Waals surface area contributed by atoms with Gasteiger partial charge >= 0.3 is 12.1 Å². The third kappa shape index (κ3) is 2.87. The van der Waals surface area contributed by atoms with Crippen molar-refractivity contribution in [3.63, 3.8) is 0 Å².